The maximum Gasteiger partial charge on any atom is 0.270 e. The van der Waals surface area contributed by atoms with E-state index in [0.29, 0.717) is 5.69 Å². The summed E-state index contributed by atoms with van der Waals surface area (Å²) in [6.07, 6.45) is 2.27. The monoisotopic (exact) mass is 393 g/mol. The lowest BCUT2D eigenvalue weighted by Gasteiger charge is -2.19. The van der Waals surface area contributed by atoms with Gasteiger partial charge in [-0.1, -0.05) is 38.1 Å². The van der Waals surface area contributed by atoms with Gasteiger partial charge in [0, 0.05) is 13.3 Å². The van der Waals surface area contributed by atoms with Crippen LogP contribution in [0.25, 0.3) is 5.65 Å². The number of ether oxygens (including phenoxy) is 1. The minimum Gasteiger partial charge on any atom is -0.378 e. The van der Waals surface area contributed by atoms with E-state index in [0.717, 1.165) is 12.0 Å². The molecule has 1 aromatic carbocycles. The van der Waals surface area contributed by atoms with Gasteiger partial charge in [0.15, 0.2) is 5.65 Å². The van der Waals surface area contributed by atoms with Crippen LogP contribution in [0.5, 0.6) is 0 Å². The average Bonchev–Trinajstić information content (AvgIpc) is 3.17. The van der Waals surface area contributed by atoms with E-state index in [1.165, 1.54) is 23.4 Å². The summed E-state index contributed by atoms with van der Waals surface area (Å²) in [5.74, 6) is -0.957. The number of carbonyl (C=O) groups is 2. The number of aromatic nitrogens is 3. The second-order valence-corrected chi connectivity index (χ2v) is 7.89. The Morgan fingerprint density at radius 3 is 2.79 bits per heavy atom. The van der Waals surface area contributed by atoms with Crippen molar-refractivity contribution < 1.29 is 14.3 Å². The van der Waals surface area contributed by atoms with Gasteiger partial charge in [-0.15, -0.1) is 0 Å². The predicted octanol–water partition coefficient (Wildman–Crippen LogP) is 2.13. The minimum absolute atomic E-state index is 0.0292. The highest BCUT2D eigenvalue weighted by Gasteiger charge is 2.37. The van der Waals surface area contributed by atoms with Crippen LogP contribution < -0.4 is 11.1 Å². The molecular weight excluding hydrogens is 370 g/mol. The van der Waals surface area contributed by atoms with E-state index in [1.807, 2.05) is 18.2 Å². The molecule has 0 saturated heterocycles. The number of hydrogen-bond donors (Lipinski definition) is 2. The molecule has 29 heavy (non-hydrogen) atoms. The lowest BCUT2D eigenvalue weighted by atomic mass is 9.86. The van der Waals surface area contributed by atoms with E-state index in [2.05, 4.69) is 35.3 Å². The molecule has 8 nitrogen and oxygen atoms in total. The van der Waals surface area contributed by atoms with Gasteiger partial charge in [-0.25, -0.2) is 9.50 Å². The highest BCUT2D eigenvalue weighted by molar-refractivity contribution is 6.01. The van der Waals surface area contributed by atoms with Crippen LogP contribution in [0, 0.1) is 0 Å². The first-order valence-corrected chi connectivity index (χ1v) is 9.39. The van der Waals surface area contributed by atoms with E-state index in [4.69, 9.17) is 10.5 Å². The van der Waals surface area contributed by atoms with Crippen molar-refractivity contribution in [1.82, 2.24) is 19.9 Å². The van der Waals surface area contributed by atoms with Crippen molar-refractivity contribution in [2.24, 2.45) is 5.73 Å². The molecule has 0 aliphatic heterocycles. The molecule has 2 amide bonds. The summed E-state index contributed by atoms with van der Waals surface area (Å²) in [6.45, 7) is 4.44. The number of carbonyl (C=O) groups excluding carboxylic acids is 2. The molecule has 0 radical (unpaired) electrons. The minimum atomic E-state index is -0.663. The molecule has 1 atom stereocenters. The highest BCUT2D eigenvalue weighted by Crippen LogP contribution is 2.44. The number of fused-ring (bicyclic) bond motifs is 2. The Kier molecular flexibility index (Phi) is 4.58. The fourth-order valence-electron chi connectivity index (χ4n) is 4.16. The van der Waals surface area contributed by atoms with Crippen molar-refractivity contribution in [2.45, 2.75) is 38.3 Å². The van der Waals surface area contributed by atoms with Crippen molar-refractivity contribution in [3.8, 4) is 0 Å². The summed E-state index contributed by atoms with van der Waals surface area (Å²) in [5.41, 5.74) is 8.87. The summed E-state index contributed by atoms with van der Waals surface area (Å²) in [7, 11) is 1.50. The molecule has 0 bridgehead atoms. The van der Waals surface area contributed by atoms with Crippen molar-refractivity contribution in [2.75, 3.05) is 7.11 Å². The zero-order valence-electron chi connectivity index (χ0n) is 16.6. The fraction of sp³-hybridized carbons (Fsp3) is 0.333. The fourth-order valence-corrected chi connectivity index (χ4v) is 4.16. The number of benzene rings is 1. The van der Waals surface area contributed by atoms with Crippen LogP contribution in [0.1, 0.15) is 64.0 Å². The number of rotatable bonds is 5. The van der Waals surface area contributed by atoms with Crippen molar-refractivity contribution in [1.29, 1.82) is 0 Å². The van der Waals surface area contributed by atoms with Crippen molar-refractivity contribution >= 4 is 17.5 Å². The molecule has 4 rings (SSSR count). The number of nitrogens with two attached hydrogens (primary N) is 1. The van der Waals surface area contributed by atoms with E-state index in [-0.39, 0.29) is 40.9 Å². The number of primary amides is 1. The van der Waals surface area contributed by atoms with Crippen LogP contribution in [0.4, 0.5) is 0 Å². The number of hydrogen-bond acceptors (Lipinski definition) is 5. The molecule has 1 aliphatic rings. The van der Waals surface area contributed by atoms with Crippen LogP contribution in [0.3, 0.4) is 0 Å². The predicted molar refractivity (Wildman–Crippen MR) is 107 cm³/mol. The van der Waals surface area contributed by atoms with E-state index >= 15 is 0 Å². The summed E-state index contributed by atoms with van der Waals surface area (Å²) < 4.78 is 6.46. The molecule has 0 fully saturated rings. The largest absolute Gasteiger partial charge is 0.378 e. The smallest absolute Gasteiger partial charge is 0.270 e. The van der Waals surface area contributed by atoms with Gasteiger partial charge in [-0.2, -0.15) is 5.10 Å². The van der Waals surface area contributed by atoms with E-state index in [9.17, 15) is 9.59 Å². The first-order chi connectivity index (χ1) is 13.8. The number of amides is 2. The van der Waals surface area contributed by atoms with Gasteiger partial charge >= 0.3 is 0 Å². The number of methoxy groups -OCH3 is 1. The molecule has 150 valence electrons. The third-order valence-corrected chi connectivity index (χ3v) is 5.44. The van der Waals surface area contributed by atoms with Crippen molar-refractivity contribution in [3.05, 3.63) is 64.6 Å². The first kappa shape index (κ1) is 19.1. The Morgan fingerprint density at radius 1 is 1.31 bits per heavy atom. The topological polar surface area (TPSA) is 112 Å². The molecule has 1 aliphatic carbocycles. The Bertz CT molecular complexity index is 1120. The Morgan fingerprint density at radius 2 is 2.07 bits per heavy atom. The molecule has 0 unspecified atom stereocenters. The Hall–Kier alpha value is -3.26. The molecule has 3 aromatic rings. The van der Waals surface area contributed by atoms with Crippen molar-refractivity contribution in [3.63, 3.8) is 0 Å². The zero-order chi connectivity index (χ0) is 20.8. The van der Waals surface area contributed by atoms with Crippen LogP contribution in [-0.4, -0.2) is 33.5 Å². The molecule has 0 saturated carbocycles. The third kappa shape index (κ3) is 3.15. The molecule has 0 spiro atoms. The molecule has 2 heterocycles. The highest BCUT2D eigenvalue weighted by atomic mass is 16.5. The normalized spacial score (nSPS) is 17.3. The summed E-state index contributed by atoms with van der Waals surface area (Å²) in [5, 5.41) is 7.47. The van der Waals surface area contributed by atoms with E-state index in [1.54, 1.807) is 6.07 Å². The number of nitrogens with zero attached hydrogens (tertiary/aromatic N) is 3. The number of nitrogens with one attached hydrogen (secondary N) is 1. The van der Waals surface area contributed by atoms with Gasteiger partial charge < -0.3 is 15.8 Å². The van der Waals surface area contributed by atoms with Crippen LogP contribution in [0.15, 0.2) is 36.5 Å². The lowest BCUT2D eigenvalue weighted by Crippen LogP contribution is -2.30. The van der Waals surface area contributed by atoms with Crippen LogP contribution in [-0.2, 0) is 16.8 Å². The Balaban J connectivity index is 1.72. The second kappa shape index (κ2) is 6.97. The third-order valence-electron chi connectivity index (χ3n) is 5.44. The SMILES string of the molecule is COCc1nn2c(C(=O)N[C@H]3CC(C)(C)c4ccccc43)ccnc2c1C(N)=O. The lowest BCUT2D eigenvalue weighted by molar-refractivity contribution is 0.0925. The quantitative estimate of drug-likeness (QED) is 0.690. The van der Waals surface area contributed by atoms with Gasteiger partial charge in [0.2, 0.25) is 0 Å². The molecule has 3 N–H and O–H groups in total. The second-order valence-electron chi connectivity index (χ2n) is 7.89. The maximum atomic E-state index is 13.1. The van der Waals surface area contributed by atoms with Gasteiger partial charge in [-0.3, -0.25) is 9.59 Å². The zero-order valence-corrected chi connectivity index (χ0v) is 16.6. The van der Waals surface area contributed by atoms with E-state index < -0.39 is 5.91 Å². The maximum absolute atomic E-state index is 13.1. The van der Waals surface area contributed by atoms with Crippen LogP contribution >= 0.6 is 0 Å². The molecule has 2 aromatic heterocycles. The van der Waals surface area contributed by atoms with Gasteiger partial charge in [0.25, 0.3) is 11.8 Å². The van der Waals surface area contributed by atoms with Gasteiger partial charge in [0.1, 0.15) is 17.0 Å². The van der Waals surface area contributed by atoms with Gasteiger partial charge in [-0.05, 0) is 29.0 Å². The van der Waals surface area contributed by atoms with Gasteiger partial charge in [0.05, 0.1) is 12.6 Å². The first-order valence-electron chi connectivity index (χ1n) is 9.39. The summed E-state index contributed by atoms with van der Waals surface area (Å²) in [4.78, 5) is 29.3. The molecular formula is C21H23N5O3. The summed E-state index contributed by atoms with van der Waals surface area (Å²) >= 11 is 0. The Labute approximate surface area is 168 Å². The average molecular weight is 393 g/mol. The standard InChI is InChI=1S/C21H23N5O3/c1-21(2)10-14(12-6-4-5-7-13(12)21)24-20(28)16-8-9-23-19-17(18(22)27)15(11-29-3)25-26(16)19/h4-9,14H,10-11H2,1-3H3,(H2,22,27)(H,24,28)/t14-/m0/s1. The molecule has 8 heteroatoms. The summed E-state index contributed by atoms with van der Waals surface area (Å²) in [6, 6.07) is 9.62. The van der Waals surface area contributed by atoms with Crippen LogP contribution in [0.2, 0.25) is 0 Å².